The van der Waals surface area contributed by atoms with Gasteiger partial charge in [0.15, 0.2) is 0 Å². The van der Waals surface area contributed by atoms with E-state index in [1.54, 1.807) is 0 Å². The van der Waals surface area contributed by atoms with Gasteiger partial charge in [-0.15, -0.1) is 0 Å². The van der Waals surface area contributed by atoms with Crippen molar-refractivity contribution in [3.63, 3.8) is 0 Å². The average molecular weight is 425 g/mol. The monoisotopic (exact) mass is 424 g/mol. The van der Waals surface area contributed by atoms with Gasteiger partial charge in [-0.25, -0.2) is 4.79 Å². The molecule has 0 atom stereocenters. The molecular formula is C24H32N4O3. The first-order chi connectivity index (χ1) is 14.8. The third-order valence-electron chi connectivity index (χ3n) is 8.07. The van der Waals surface area contributed by atoms with Gasteiger partial charge in [-0.05, 0) is 58.2 Å². The lowest BCUT2D eigenvalue weighted by atomic mass is 9.66. The number of carbonyl (C=O) groups is 2. The molecule has 0 aromatic heterocycles. The molecule has 1 aliphatic heterocycles. The zero-order chi connectivity index (χ0) is 22.3. The van der Waals surface area contributed by atoms with Crippen molar-refractivity contribution in [3.05, 3.63) is 35.9 Å². The molecule has 31 heavy (non-hydrogen) atoms. The smallest absolute Gasteiger partial charge is 0.323 e. The minimum atomic E-state index is -0.994. The number of nitriles is 1. The number of carbonyl (C=O) groups excluding carboxylic acids is 1. The molecule has 0 radical (unpaired) electrons. The largest absolute Gasteiger partial charge is 0.480 e. The minimum Gasteiger partial charge on any atom is -0.480 e. The van der Waals surface area contributed by atoms with E-state index in [1.165, 1.54) is 10.5 Å². The first-order valence-corrected chi connectivity index (χ1v) is 11.2. The molecule has 3 fully saturated rings. The topological polar surface area (TPSA) is 87.9 Å². The van der Waals surface area contributed by atoms with E-state index in [2.05, 4.69) is 49.3 Å². The predicted octanol–water partition coefficient (Wildman–Crippen LogP) is 3.27. The van der Waals surface area contributed by atoms with Gasteiger partial charge in [0.2, 0.25) is 0 Å². The van der Waals surface area contributed by atoms with Gasteiger partial charge < -0.3 is 14.9 Å². The molecule has 1 spiro atoms. The highest BCUT2D eigenvalue weighted by molar-refractivity contribution is 5.83. The van der Waals surface area contributed by atoms with Crippen molar-refractivity contribution in [2.24, 2.45) is 5.41 Å². The van der Waals surface area contributed by atoms with Crippen LogP contribution in [0.2, 0.25) is 0 Å². The summed E-state index contributed by atoms with van der Waals surface area (Å²) in [7, 11) is 4.22. The number of amides is 2. The van der Waals surface area contributed by atoms with Crippen LogP contribution < -0.4 is 0 Å². The van der Waals surface area contributed by atoms with Crippen molar-refractivity contribution in [1.29, 1.82) is 5.26 Å². The minimum absolute atomic E-state index is 0.106. The Kier molecular flexibility index (Phi) is 5.47. The zero-order valence-corrected chi connectivity index (χ0v) is 18.5. The molecule has 1 aromatic carbocycles. The summed E-state index contributed by atoms with van der Waals surface area (Å²) in [6.45, 7) is 0.560. The summed E-state index contributed by atoms with van der Waals surface area (Å²) in [6.07, 6.45) is 6.00. The Hall–Kier alpha value is -2.59. The first-order valence-electron chi connectivity index (χ1n) is 11.2. The summed E-state index contributed by atoms with van der Waals surface area (Å²) in [6, 6.07) is 12.7. The molecule has 7 heteroatoms. The van der Waals surface area contributed by atoms with E-state index in [0.717, 1.165) is 44.9 Å². The highest BCUT2D eigenvalue weighted by atomic mass is 16.4. The van der Waals surface area contributed by atoms with Gasteiger partial charge in [0.25, 0.3) is 0 Å². The molecule has 1 saturated heterocycles. The fourth-order valence-electron chi connectivity index (χ4n) is 5.91. The SMILES string of the molecule is CN(C)[C@]1(c2ccccc2)CC[C@@]2(CC1)CN(CC(=O)O)C(=O)N2CC1(C#N)CCC1. The number of benzene rings is 1. The van der Waals surface area contributed by atoms with E-state index in [0.29, 0.717) is 13.1 Å². The van der Waals surface area contributed by atoms with Crippen molar-refractivity contribution in [2.75, 3.05) is 33.7 Å². The van der Waals surface area contributed by atoms with Crippen LogP contribution in [-0.4, -0.2) is 71.1 Å². The Balaban J connectivity index is 1.63. The van der Waals surface area contributed by atoms with Gasteiger partial charge in [-0.1, -0.05) is 36.8 Å². The van der Waals surface area contributed by atoms with Gasteiger partial charge in [-0.2, -0.15) is 5.26 Å². The number of aliphatic carboxylic acids is 1. The van der Waals surface area contributed by atoms with Crippen molar-refractivity contribution < 1.29 is 14.7 Å². The summed E-state index contributed by atoms with van der Waals surface area (Å²) in [5, 5.41) is 19.1. The molecule has 1 aromatic rings. The van der Waals surface area contributed by atoms with Gasteiger partial charge in [0.05, 0.1) is 17.0 Å². The zero-order valence-electron chi connectivity index (χ0n) is 18.5. The highest BCUT2D eigenvalue weighted by Gasteiger charge is 2.56. The second-order valence-corrected chi connectivity index (χ2v) is 9.88. The van der Waals surface area contributed by atoms with Crippen molar-refractivity contribution in [1.82, 2.24) is 14.7 Å². The molecule has 2 aliphatic carbocycles. The standard InChI is InChI=1S/C24H32N4O3/c1-26(2)24(19-7-4-3-5-8-19)13-11-23(12-14-24)18-27(15-20(29)30)21(31)28(23)17-22(16-25)9-6-10-22/h3-5,7-8H,6,9-15,17-18H2,1-2H3,(H,29,30)/t23-,24-. The van der Waals surface area contributed by atoms with Crippen molar-refractivity contribution in [2.45, 2.75) is 56.0 Å². The Morgan fingerprint density at radius 2 is 1.77 bits per heavy atom. The molecular weight excluding hydrogens is 392 g/mol. The van der Waals surface area contributed by atoms with Crippen LogP contribution in [0.15, 0.2) is 30.3 Å². The Labute approximate surface area is 184 Å². The second-order valence-electron chi connectivity index (χ2n) is 9.88. The second kappa shape index (κ2) is 7.83. The first kappa shape index (κ1) is 21.6. The molecule has 2 saturated carbocycles. The molecule has 4 rings (SSSR count). The van der Waals surface area contributed by atoms with E-state index >= 15 is 0 Å². The number of rotatable bonds is 6. The lowest BCUT2D eigenvalue weighted by Crippen LogP contribution is -2.57. The number of carboxylic acid groups (broad SMARTS) is 1. The third kappa shape index (κ3) is 3.57. The molecule has 2 amide bonds. The van der Waals surface area contributed by atoms with E-state index in [9.17, 15) is 20.0 Å². The summed E-state index contributed by atoms with van der Waals surface area (Å²) in [5.41, 5.74) is 0.295. The fraction of sp³-hybridized carbons (Fsp3) is 0.625. The van der Waals surface area contributed by atoms with Crippen LogP contribution in [-0.2, 0) is 10.3 Å². The van der Waals surface area contributed by atoms with Crippen LogP contribution in [0, 0.1) is 16.7 Å². The van der Waals surface area contributed by atoms with Crippen LogP contribution in [0.4, 0.5) is 4.79 Å². The Bertz CT molecular complexity index is 880. The van der Waals surface area contributed by atoms with Crippen LogP contribution in [0.5, 0.6) is 0 Å². The van der Waals surface area contributed by atoms with Crippen molar-refractivity contribution in [3.8, 4) is 6.07 Å². The molecule has 1 heterocycles. The predicted molar refractivity (Wildman–Crippen MR) is 116 cm³/mol. The maximum Gasteiger partial charge on any atom is 0.323 e. The van der Waals surface area contributed by atoms with Crippen molar-refractivity contribution >= 4 is 12.0 Å². The van der Waals surface area contributed by atoms with Crippen LogP contribution in [0.25, 0.3) is 0 Å². The van der Waals surface area contributed by atoms with E-state index in [1.807, 2.05) is 11.0 Å². The van der Waals surface area contributed by atoms with Crippen LogP contribution in [0.1, 0.15) is 50.5 Å². The maximum atomic E-state index is 13.3. The fourth-order valence-corrected chi connectivity index (χ4v) is 5.91. The lowest BCUT2D eigenvalue weighted by Gasteiger charge is -2.52. The lowest BCUT2D eigenvalue weighted by molar-refractivity contribution is -0.137. The molecule has 7 nitrogen and oxygen atoms in total. The van der Waals surface area contributed by atoms with Crippen LogP contribution in [0.3, 0.4) is 0 Å². The molecule has 3 aliphatic rings. The van der Waals surface area contributed by atoms with Gasteiger partial charge >= 0.3 is 12.0 Å². The number of urea groups is 1. The quantitative estimate of drug-likeness (QED) is 0.757. The van der Waals surface area contributed by atoms with E-state index in [-0.39, 0.29) is 18.1 Å². The molecule has 0 bridgehead atoms. The number of hydrogen-bond acceptors (Lipinski definition) is 4. The summed E-state index contributed by atoms with van der Waals surface area (Å²) in [5.74, 6) is -0.994. The number of hydrogen-bond donors (Lipinski definition) is 1. The maximum absolute atomic E-state index is 13.3. The van der Waals surface area contributed by atoms with E-state index < -0.39 is 16.9 Å². The molecule has 0 unspecified atom stereocenters. The van der Waals surface area contributed by atoms with E-state index in [4.69, 9.17) is 0 Å². The molecule has 166 valence electrons. The average Bonchev–Trinajstić information content (AvgIpc) is 2.96. The van der Waals surface area contributed by atoms with Crippen LogP contribution >= 0.6 is 0 Å². The number of nitrogens with zero attached hydrogens (tertiary/aromatic N) is 4. The Morgan fingerprint density at radius 3 is 2.26 bits per heavy atom. The summed E-state index contributed by atoms with van der Waals surface area (Å²) < 4.78 is 0. The summed E-state index contributed by atoms with van der Waals surface area (Å²) in [4.78, 5) is 30.3. The normalized spacial score (nSPS) is 29.8. The number of carboxylic acids is 1. The van der Waals surface area contributed by atoms with Gasteiger partial charge in [0, 0.05) is 18.6 Å². The van der Waals surface area contributed by atoms with Gasteiger partial charge in [0.1, 0.15) is 6.54 Å². The summed E-state index contributed by atoms with van der Waals surface area (Å²) >= 11 is 0. The molecule has 1 N–H and O–H groups in total. The Morgan fingerprint density at radius 1 is 1.13 bits per heavy atom. The van der Waals surface area contributed by atoms with Gasteiger partial charge in [-0.3, -0.25) is 9.69 Å². The highest BCUT2D eigenvalue weighted by Crippen LogP contribution is 2.51. The third-order valence-corrected chi connectivity index (χ3v) is 8.07.